The van der Waals surface area contributed by atoms with Gasteiger partial charge >= 0.3 is 0 Å². The second-order valence-corrected chi connectivity index (χ2v) is 5.15. The van der Waals surface area contributed by atoms with Crippen LogP contribution in [0.1, 0.15) is 13.3 Å². The van der Waals surface area contributed by atoms with Crippen LogP contribution in [0.2, 0.25) is 0 Å². The maximum Gasteiger partial charge on any atom is 0.223 e. The molecule has 2 rings (SSSR count). The summed E-state index contributed by atoms with van der Waals surface area (Å²) in [5, 5.41) is 10.8. The van der Waals surface area contributed by atoms with Crippen molar-refractivity contribution in [2.45, 2.75) is 22.7 Å². The van der Waals surface area contributed by atoms with Gasteiger partial charge in [-0.05, 0) is 18.2 Å². The first-order valence-electron chi connectivity index (χ1n) is 5.00. The molecule has 2 aromatic rings. The van der Waals surface area contributed by atoms with Crippen molar-refractivity contribution in [3.63, 3.8) is 0 Å². The van der Waals surface area contributed by atoms with Crippen molar-refractivity contribution in [2.75, 3.05) is 11.9 Å². The molecule has 0 amide bonds. The Labute approximate surface area is 106 Å². The largest absolute Gasteiger partial charge is 0.354 e. The van der Waals surface area contributed by atoms with Gasteiger partial charge in [0.2, 0.25) is 5.95 Å². The lowest BCUT2D eigenvalue weighted by atomic mass is 10.5. The van der Waals surface area contributed by atoms with Crippen LogP contribution in [0.15, 0.2) is 21.1 Å². The standard InChI is InChI=1S/C9H10FN5S2/c1-2-3-11-8-12-4-6(10)7(14-8)17-9-15-13-5-16-9/h4-5H,2-3H2,1H3,(H,11,12,14). The molecule has 0 bridgehead atoms. The number of nitrogens with one attached hydrogen (secondary N) is 1. The summed E-state index contributed by atoms with van der Waals surface area (Å²) in [4.78, 5) is 7.95. The van der Waals surface area contributed by atoms with E-state index in [-0.39, 0.29) is 5.03 Å². The third-order valence-electron chi connectivity index (χ3n) is 1.77. The Hall–Kier alpha value is -1.28. The second-order valence-electron chi connectivity index (χ2n) is 3.08. The molecule has 0 fully saturated rings. The van der Waals surface area contributed by atoms with Crippen molar-refractivity contribution in [1.82, 2.24) is 20.2 Å². The summed E-state index contributed by atoms with van der Waals surface area (Å²) >= 11 is 2.49. The van der Waals surface area contributed by atoms with Crippen LogP contribution in [0, 0.1) is 5.82 Å². The zero-order chi connectivity index (χ0) is 12.1. The molecule has 0 aliphatic carbocycles. The van der Waals surface area contributed by atoms with Crippen molar-refractivity contribution in [2.24, 2.45) is 0 Å². The molecule has 0 saturated heterocycles. The molecule has 2 heterocycles. The first-order valence-corrected chi connectivity index (χ1v) is 6.69. The van der Waals surface area contributed by atoms with E-state index in [1.807, 2.05) is 6.92 Å². The average Bonchev–Trinajstić information content (AvgIpc) is 2.83. The Morgan fingerprint density at radius 2 is 2.41 bits per heavy atom. The molecule has 0 aliphatic heterocycles. The maximum absolute atomic E-state index is 13.5. The smallest absolute Gasteiger partial charge is 0.223 e. The molecule has 0 radical (unpaired) electrons. The topological polar surface area (TPSA) is 63.6 Å². The molecule has 2 aromatic heterocycles. The maximum atomic E-state index is 13.5. The highest BCUT2D eigenvalue weighted by molar-refractivity contribution is 8.00. The van der Waals surface area contributed by atoms with Gasteiger partial charge in [-0.3, -0.25) is 0 Å². The fourth-order valence-electron chi connectivity index (χ4n) is 1.04. The summed E-state index contributed by atoms with van der Waals surface area (Å²) in [5.41, 5.74) is 1.59. The molecular formula is C9H10FN5S2. The summed E-state index contributed by atoms with van der Waals surface area (Å²) in [6.07, 6.45) is 2.12. The molecule has 0 aromatic carbocycles. The molecule has 8 heteroatoms. The van der Waals surface area contributed by atoms with Gasteiger partial charge in [-0.2, -0.15) is 0 Å². The van der Waals surface area contributed by atoms with Crippen LogP contribution >= 0.6 is 23.1 Å². The molecule has 90 valence electrons. The zero-order valence-electron chi connectivity index (χ0n) is 9.05. The molecule has 0 atom stereocenters. The van der Waals surface area contributed by atoms with Crippen molar-refractivity contribution in [1.29, 1.82) is 0 Å². The lowest BCUT2D eigenvalue weighted by Gasteiger charge is -2.04. The molecule has 0 saturated carbocycles. The first-order chi connectivity index (χ1) is 8.29. The quantitative estimate of drug-likeness (QED) is 0.843. The summed E-state index contributed by atoms with van der Waals surface area (Å²) in [7, 11) is 0. The SMILES string of the molecule is CCCNc1ncc(F)c(Sc2nncs2)n1. The summed E-state index contributed by atoms with van der Waals surface area (Å²) in [6.45, 7) is 2.79. The number of anilines is 1. The van der Waals surface area contributed by atoms with Crippen molar-refractivity contribution < 1.29 is 4.39 Å². The van der Waals surface area contributed by atoms with Gasteiger partial charge in [0.15, 0.2) is 10.2 Å². The number of hydrogen-bond acceptors (Lipinski definition) is 7. The van der Waals surface area contributed by atoms with Crippen molar-refractivity contribution in [3.05, 3.63) is 17.5 Å². The Bertz CT molecular complexity index is 476. The van der Waals surface area contributed by atoms with E-state index in [0.29, 0.717) is 10.3 Å². The lowest BCUT2D eigenvalue weighted by Crippen LogP contribution is -2.05. The van der Waals surface area contributed by atoms with E-state index in [9.17, 15) is 4.39 Å². The minimum atomic E-state index is -0.452. The molecule has 0 aliphatic rings. The van der Waals surface area contributed by atoms with E-state index in [1.54, 1.807) is 5.51 Å². The average molecular weight is 271 g/mol. The van der Waals surface area contributed by atoms with Gasteiger partial charge in [0.05, 0.1) is 6.20 Å². The van der Waals surface area contributed by atoms with Crippen LogP contribution in [-0.2, 0) is 0 Å². The predicted molar refractivity (Wildman–Crippen MR) is 64.8 cm³/mol. The number of rotatable bonds is 5. The highest BCUT2D eigenvalue weighted by atomic mass is 32.2. The Kier molecular flexibility index (Phi) is 4.21. The lowest BCUT2D eigenvalue weighted by molar-refractivity contribution is 0.579. The van der Waals surface area contributed by atoms with E-state index in [1.165, 1.54) is 11.3 Å². The molecule has 5 nitrogen and oxygen atoms in total. The number of nitrogens with zero attached hydrogens (tertiary/aromatic N) is 4. The van der Waals surface area contributed by atoms with E-state index in [4.69, 9.17) is 0 Å². The first kappa shape index (κ1) is 12.2. The van der Waals surface area contributed by atoms with Gasteiger partial charge in [0, 0.05) is 6.54 Å². The van der Waals surface area contributed by atoms with Crippen LogP contribution in [0.5, 0.6) is 0 Å². The molecule has 0 unspecified atom stereocenters. The van der Waals surface area contributed by atoms with Gasteiger partial charge in [-0.1, -0.05) is 18.3 Å². The van der Waals surface area contributed by atoms with E-state index < -0.39 is 5.82 Å². The van der Waals surface area contributed by atoms with Gasteiger partial charge in [-0.25, -0.2) is 14.4 Å². The highest BCUT2D eigenvalue weighted by Crippen LogP contribution is 2.29. The van der Waals surface area contributed by atoms with E-state index >= 15 is 0 Å². The number of aromatic nitrogens is 4. The molecule has 1 N–H and O–H groups in total. The fourth-order valence-corrected chi connectivity index (χ4v) is 2.41. The van der Waals surface area contributed by atoms with Gasteiger partial charge < -0.3 is 5.32 Å². The Morgan fingerprint density at radius 1 is 1.53 bits per heavy atom. The predicted octanol–water partition coefficient (Wildman–Crippen LogP) is 2.44. The molecule has 17 heavy (non-hydrogen) atoms. The van der Waals surface area contributed by atoms with Gasteiger partial charge in [0.25, 0.3) is 0 Å². The second kappa shape index (κ2) is 5.87. The van der Waals surface area contributed by atoms with Crippen LogP contribution in [0.4, 0.5) is 10.3 Å². The summed E-state index contributed by atoms with van der Waals surface area (Å²) in [5.74, 6) is -0.0208. The number of halogens is 1. The Balaban J connectivity index is 2.14. The number of hydrogen-bond donors (Lipinski definition) is 1. The zero-order valence-corrected chi connectivity index (χ0v) is 10.7. The highest BCUT2D eigenvalue weighted by Gasteiger charge is 2.10. The van der Waals surface area contributed by atoms with Gasteiger partial charge in [-0.15, -0.1) is 10.2 Å². The minimum absolute atomic E-state index is 0.260. The van der Waals surface area contributed by atoms with E-state index in [2.05, 4.69) is 25.5 Å². The van der Waals surface area contributed by atoms with Crippen LogP contribution in [0.25, 0.3) is 0 Å². The normalized spacial score (nSPS) is 10.5. The third kappa shape index (κ3) is 3.34. The summed E-state index contributed by atoms with van der Waals surface area (Å²) < 4.78 is 14.1. The third-order valence-corrected chi connectivity index (χ3v) is 3.53. The minimum Gasteiger partial charge on any atom is -0.354 e. The molecular weight excluding hydrogens is 261 g/mol. The Morgan fingerprint density at radius 3 is 3.12 bits per heavy atom. The van der Waals surface area contributed by atoms with Crippen LogP contribution in [0.3, 0.4) is 0 Å². The summed E-state index contributed by atoms with van der Waals surface area (Å²) in [6, 6.07) is 0. The van der Waals surface area contributed by atoms with Crippen LogP contribution in [-0.4, -0.2) is 26.7 Å². The monoisotopic (exact) mass is 271 g/mol. The van der Waals surface area contributed by atoms with Crippen molar-refractivity contribution >= 4 is 29.0 Å². The van der Waals surface area contributed by atoms with E-state index in [0.717, 1.165) is 30.9 Å². The van der Waals surface area contributed by atoms with Crippen molar-refractivity contribution in [3.8, 4) is 0 Å². The fraction of sp³-hybridized carbons (Fsp3) is 0.333. The van der Waals surface area contributed by atoms with Crippen LogP contribution < -0.4 is 5.32 Å². The molecule has 0 spiro atoms. The van der Waals surface area contributed by atoms with Gasteiger partial charge in [0.1, 0.15) is 10.5 Å².